The largest absolute Gasteiger partial charge is 0.324 e. The third-order valence-corrected chi connectivity index (χ3v) is 3.15. The van der Waals surface area contributed by atoms with Crippen molar-refractivity contribution in [1.29, 1.82) is 0 Å². The second kappa shape index (κ2) is 5.83. The fraction of sp³-hybridized carbons (Fsp3) is 0.375. The molecule has 19 heavy (non-hydrogen) atoms. The molecule has 1 heterocycles. The van der Waals surface area contributed by atoms with Crippen LogP contribution in [0, 0.1) is 13.8 Å². The zero-order chi connectivity index (χ0) is 13.8. The summed E-state index contributed by atoms with van der Waals surface area (Å²) >= 11 is 0. The lowest BCUT2D eigenvalue weighted by atomic mass is 10.1. The molecular formula is C16H21N3. The Hall–Kier alpha value is -1.90. The number of aryl methyl sites for hydroxylation is 4. The van der Waals surface area contributed by atoms with Crippen LogP contribution in [0.1, 0.15) is 36.2 Å². The average Bonchev–Trinajstić information content (AvgIpc) is 2.37. The first kappa shape index (κ1) is 13.5. The van der Waals surface area contributed by atoms with Gasteiger partial charge in [0.15, 0.2) is 0 Å². The molecule has 0 atom stereocenters. The van der Waals surface area contributed by atoms with Crippen molar-refractivity contribution in [3.05, 3.63) is 46.8 Å². The van der Waals surface area contributed by atoms with Crippen molar-refractivity contribution in [2.45, 2.75) is 40.5 Å². The van der Waals surface area contributed by atoms with Crippen LogP contribution in [-0.2, 0) is 12.8 Å². The number of nitrogens with one attached hydrogen (secondary N) is 1. The standard InChI is InChI=1S/C16H21N3/c1-5-13-10-17-16(19-15(13)6-2)18-14-8-11(3)7-12(4)9-14/h7-10H,5-6H2,1-4H3,(H,17,18,19). The zero-order valence-corrected chi connectivity index (χ0v) is 12.1. The minimum absolute atomic E-state index is 0.680. The maximum Gasteiger partial charge on any atom is 0.227 e. The molecule has 0 saturated heterocycles. The van der Waals surface area contributed by atoms with Crippen LogP contribution in [0.4, 0.5) is 11.6 Å². The Morgan fingerprint density at radius 2 is 1.68 bits per heavy atom. The third-order valence-electron chi connectivity index (χ3n) is 3.15. The van der Waals surface area contributed by atoms with E-state index in [1.54, 1.807) is 0 Å². The molecule has 0 bridgehead atoms. The van der Waals surface area contributed by atoms with Crippen LogP contribution in [0.2, 0.25) is 0 Å². The molecule has 0 unspecified atom stereocenters. The minimum atomic E-state index is 0.680. The first-order chi connectivity index (χ1) is 9.12. The van der Waals surface area contributed by atoms with Crippen molar-refractivity contribution < 1.29 is 0 Å². The van der Waals surface area contributed by atoms with Crippen LogP contribution in [0.5, 0.6) is 0 Å². The minimum Gasteiger partial charge on any atom is -0.324 e. The summed E-state index contributed by atoms with van der Waals surface area (Å²) in [5.41, 5.74) is 5.88. The van der Waals surface area contributed by atoms with Gasteiger partial charge >= 0.3 is 0 Å². The van der Waals surface area contributed by atoms with Crippen LogP contribution in [0.3, 0.4) is 0 Å². The number of aromatic nitrogens is 2. The van der Waals surface area contributed by atoms with Crippen molar-refractivity contribution in [3.8, 4) is 0 Å². The Bertz CT molecular complexity index is 556. The second-order valence-corrected chi connectivity index (χ2v) is 4.87. The van der Waals surface area contributed by atoms with E-state index in [1.165, 1.54) is 16.7 Å². The van der Waals surface area contributed by atoms with E-state index < -0.39 is 0 Å². The van der Waals surface area contributed by atoms with Crippen LogP contribution in [-0.4, -0.2) is 9.97 Å². The van der Waals surface area contributed by atoms with E-state index in [2.05, 4.69) is 61.2 Å². The molecule has 1 aromatic heterocycles. The van der Waals surface area contributed by atoms with E-state index in [0.717, 1.165) is 24.2 Å². The first-order valence-electron chi connectivity index (χ1n) is 6.82. The number of hydrogen-bond acceptors (Lipinski definition) is 3. The number of rotatable bonds is 4. The predicted octanol–water partition coefficient (Wildman–Crippen LogP) is 3.96. The van der Waals surface area contributed by atoms with Gasteiger partial charge in [-0.15, -0.1) is 0 Å². The summed E-state index contributed by atoms with van der Waals surface area (Å²) in [7, 11) is 0. The molecule has 0 amide bonds. The highest BCUT2D eigenvalue weighted by Gasteiger charge is 2.05. The Balaban J connectivity index is 2.28. The van der Waals surface area contributed by atoms with Gasteiger partial charge in [-0.05, 0) is 55.5 Å². The van der Waals surface area contributed by atoms with E-state index in [9.17, 15) is 0 Å². The van der Waals surface area contributed by atoms with E-state index in [0.29, 0.717) is 5.95 Å². The molecule has 0 radical (unpaired) electrons. The molecule has 1 N–H and O–H groups in total. The van der Waals surface area contributed by atoms with Crippen LogP contribution < -0.4 is 5.32 Å². The Labute approximate surface area is 115 Å². The quantitative estimate of drug-likeness (QED) is 0.898. The molecule has 100 valence electrons. The molecule has 2 aromatic rings. The monoisotopic (exact) mass is 255 g/mol. The molecule has 0 saturated carbocycles. The highest BCUT2D eigenvalue weighted by atomic mass is 15.1. The molecule has 0 aliphatic rings. The molecule has 0 spiro atoms. The molecule has 0 aliphatic carbocycles. The van der Waals surface area contributed by atoms with Crippen molar-refractivity contribution in [2.24, 2.45) is 0 Å². The van der Waals surface area contributed by atoms with Gasteiger partial charge in [0.05, 0.1) is 0 Å². The van der Waals surface area contributed by atoms with Gasteiger partial charge in [-0.25, -0.2) is 9.97 Å². The Morgan fingerprint density at radius 3 is 2.26 bits per heavy atom. The molecule has 0 aliphatic heterocycles. The van der Waals surface area contributed by atoms with Gasteiger partial charge in [-0.2, -0.15) is 0 Å². The molecule has 2 rings (SSSR count). The average molecular weight is 255 g/mol. The van der Waals surface area contributed by atoms with Crippen molar-refractivity contribution >= 4 is 11.6 Å². The van der Waals surface area contributed by atoms with E-state index in [-0.39, 0.29) is 0 Å². The van der Waals surface area contributed by atoms with Crippen LogP contribution >= 0.6 is 0 Å². The summed E-state index contributed by atoms with van der Waals surface area (Å²) in [6, 6.07) is 6.37. The summed E-state index contributed by atoms with van der Waals surface area (Å²) in [5, 5.41) is 3.29. The SMILES string of the molecule is CCc1cnc(Nc2cc(C)cc(C)c2)nc1CC. The van der Waals surface area contributed by atoms with Crippen LogP contribution in [0.15, 0.2) is 24.4 Å². The molecule has 1 aromatic carbocycles. The maximum atomic E-state index is 4.59. The smallest absolute Gasteiger partial charge is 0.227 e. The van der Waals surface area contributed by atoms with Gasteiger partial charge in [-0.1, -0.05) is 19.9 Å². The van der Waals surface area contributed by atoms with Crippen molar-refractivity contribution in [3.63, 3.8) is 0 Å². The van der Waals surface area contributed by atoms with E-state index in [1.807, 2.05) is 6.20 Å². The summed E-state index contributed by atoms with van der Waals surface area (Å²) < 4.78 is 0. The van der Waals surface area contributed by atoms with Crippen molar-refractivity contribution in [1.82, 2.24) is 9.97 Å². The van der Waals surface area contributed by atoms with Gasteiger partial charge in [0, 0.05) is 17.6 Å². The van der Waals surface area contributed by atoms with E-state index >= 15 is 0 Å². The fourth-order valence-electron chi connectivity index (χ4n) is 2.28. The summed E-state index contributed by atoms with van der Waals surface area (Å²) in [6.07, 6.45) is 3.84. The fourth-order valence-corrected chi connectivity index (χ4v) is 2.28. The molecular weight excluding hydrogens is 234 g/mol. The summed E-state index contributed by atoms with van der Waals surface area (Å²) in [6.45, 7) is 8.45. The molecule has 3 nitrogen and oxygen atoms in total. The summed E-state index contributed by atoms with van der Waals surface area (Å²) in [5.74, 6) is 0.680. The van der Waals surface area contributed by atoms with Gasteiger partial charge in [0.1, 0.15) is 0 Å². The lowest BCUT2D eigenvalue weighted by molar-refractivity contribution is 0.935. The van der Waals surface area contributed by atoms with Gasteiger partial charge in [0.25, 0.3) is 0 Å². The zero-order valence-electron chi connectivity index (χ0n) is 12.1. The van der Waals surface area contributed by atoms with Crippen LogP contribution in [0.25, 0.3) is 0 Å². The van der Waals surface area contributed by atoms with Gasteiger partial charge in [-0.3, -0.25) is 0 Å². The van der Waals surface area contributed by atoms with Crippen molar-refractivity contribution in [2.75, 3.05) is 5.32 Å². The molecule has 3 heteroatoms. The van der Waals surface area contributed by atoms with Gasteiger partial charge in [0.2, 0.25) is 5.95 Å². The lowest BCUT2D eigenvalue weighted by Crippen LogP contribution is -2.03. The first-order valence-corrected chi connectivity index (χ1v) is 6.82. The predicted molar refractivity (Wildman–Crippen MR) is 80.0 cm³/mol. The normalized spacial score (nSPS) is 10.5. The highest BCUT2D eigenvalue weighted by molar-refractivity contribution is 5.56. The Kier molecular flexibility index (Phi) is 4.15. The number of anilines is 2. The number of nitrogens with zero attached hydrogens (tertiary/aromatic N) is 2. The van der Waals surface area contributed by atoms with Gasteiger partial charge < -0.3 is 5.32 Å². The lowest BCUT2D eigenvalue weighted by Gasteiger charge is -2.10. The topological polar surface area (TPSA) is 37.8 Å². The maximum absolute atomic E-state index is 4.59. The third kappa shape index (κ3) is 3.31. The molecule has 0 fully saturated rings. The Morgan fingerprint density at radius 1 is 1.00 bits per heavy atom. The summed E-state index contributed by atoms with van der Waals surface area (Å²) in [4.78, 5) is 8.98. The number of hydrogen-bond donors (Lipinski definition) is 1. The number of benzene rings is 1. The highest BCUT2D eigenvalue weighted by Crippen LogP contribution is 2.18. The van der Waals surface area contributed by atoms with E-state index in [4.69, 9.17) is 0 Å². The second-order valence-electron chi connectivity index (χ2n) is 4.87.